The van der Waals surface area contributed by atoms with Gasteiger partial charge in [0.15, 0.2) is 6.10 Å². The maximum atomic E-state index is 12.6. The standard InChI is InChI=1S/C22H25N3O5/c1-16(22(27)24-14-12-17-7-2-3-8-18(17)15-24)30-21(26)11-6-13-23-19-9-4-5-10-20(19)25(28)29/h2-5,7-10,16,23H,6,11-15H2,1H3/t16-/m1/s1. The van der Waals surface area contributed by atoms with Crippen LogP contribution in [0, 0.1) is 10.1 Å². The van der Waals surface area contributed by atoms with E-state index in [9.17, 15) is 19.7 Å². The first-order chi connectivity index (χ1) is 14.5. The number of amides is 1. The molecule has 3 rings (SSSR count). The second-order valence-corrected chi connectivity index (χ2v) is 7.22. The molecule has 0 bridgehead atoms. The topological polar surface area (TPSA) is 102 Å². The van der Waals surface area contributed by atoms with Gasteiger partial charge in [-0.25, -0.2) is 0 Å². The molecule has 0 aromatic heterocycles. The molecule has 0 saturated heterocycles. The number of nitrogens with one attached hydrogen (secondary N) is 1. The van der Waals surface area contributed by atoms with Crippen LogP contribution in [-0.2, 0) is 27.3 Å². The molecule has 158 valence electrons. The maximum absolute atomic E-state index is 12.6. The molecule has 0 aliphatic carbocycles. The summed E-state index contributed by atoms with van der Waals surface area (Å²) in [5.74, 6) is -0.659. The molecular weight excluding hydrogens is 386 g/mol. The first kappa shape index (κ1) is 21.3. The van der Waals surface area contributed by atoms with Crippen LogP contribution in [-0.4, -0.2) is 40.9 Å². The van der Waals surface area contributed by atoms with Crippen molar-refractivity contribution in [3.63, 3.8) is 0 Å². The third kappa shape index (κ3) is 5.34. The van der Waals surface area contributed by atoms with Gasteiger partial charge in [0.25, 0.3) is 11.6 Å². The normalized spacial score (nSPS) is 13.8. The predicted molar refractivity (Wildman–Crippen MR) is 112 cm³/mol. The van der Waals surface area contributed by atoms with E-state index in [1.54, 1.807) is 30.0 Å². The summed E-state index contributed by atoms with van der Waals surface area (Å²) >= 11 is 0. The van der Waals surface area contributed by atoms with Crippen molar-refractivity contribution in [2.45, 2.75) is 38.8 Å². The number of fused-ring (bicyclic) bond motifs is 1. The Kier molecular flexibility index (Phi) is 7.00. The number of hydrogen-bond acceptors (Lipinski definition) is 6. The van der Waals surface area contributed by atoms with Gasteiger partial charge in [0.2, 0.25) is 0 Å². The average molecular weight is 411 g/mol. The van der Waals surface area contributed by atoms with Gasteiger partial charge in [-0.2, -0.15) is 0 Å². The fraction of sp³-hybridized carbons (Fsp3) is 0.364. The van der Waals surface area contributed by atoms with Crippen LogP contribution < -0.4 is 5.32 Å². The Labute approximate surface area is 175 Å². The van der Waals surface area contributed by atoms with Gasteiger partial charge in [-0.3, -0.25) is 19.7 Å². The first-order valence-electron chi connectivity index (χ1n) is 9.98. The summed E-state index contributed by atoms with van der Waals surface area (Å²) in [4.78, 5) is 37.0. The molecule has 1 amide bonds. The highest BCUT2D eigenvalue weighted by molar-refractivity contribution is 5.83. The van der Waals surface area contributed by atoms with Crippen molar-refractivity contribution in [1.82, 2.24) is 4.90 Å². The summed E-state index contributed by atoms with van der Waals surface area (Å²) in [6.45, 7) is 3.10. The summed E-state index contributed by atoms with van der Waals surface area (Å²) in [6.07, 6.45) is 0.502. The Morgan fingerprint density at radius 1 is 1.17 bits per heavy atom. The second kappa shape index (κ2) is 9.87. The Bertz CT molecular complexity index is 930. The quantitative estimate of drug-likeness (QED) is 0.309. The van der Waals surface area contributed by atoms with Gasteiger partial charge in [0.1, 0.15) is 5.69 Å². The number of rotatable bonds is 8. The smallest absolute Gasteiger partial charge is 0.306 e. The van der Waals surface area contributed by atoms with Crippen LogP contribution in [0.25, 0.3) is 0 Å². The minimum atomic E-state index is -0.842. The second-order valence-electron chi connectivity index (χ2n) is 7.22. The first-order valence-corrected chi connectivity index (χ1v) is 9.98. The highest BCUT2D eigenvalue weighted by Crippen LogP contribution is 2.23. The summed E-state index contributed by atoms with van der Waals surface area (Å²) in [7, 11) is 0. The van der Waals surface area contributed by atoms with Crippen LogP contribution in [0.3, 0.4) is 0 Å². The van der Waals surface area contributed by atoms with E-state index >= 15 is 0 Å². The molecule has 0 unspecified atom stereocenters. The molecule has 1 N–H and O–H groups in total. The molecule has 2 aromatic carbocycles. The minimum absolute atomic E-state index is 0.0117. The van der Waals surface area contributed by atoms with E-state index in [0.717, 1.165) is 12.0 Å². The van der Waals surface area contributed by atoms with Crippen molar-refractivity contribution in [1.29, 1.82) is 0 Å². The van der Waals surface area contributed by atoms with Crippen LogP contribution in [0.2, 0.25) is 0 Å². The number of carbonyl (C=O) groups is 2. The average Bonchev–Trinajstić information content (AvgIpc) is 2.76. The number of nitro groups is 1. The van der Waals surface area contributed by atoms with Crippen molar-refractivity contribution < 1.29 is 19.2 Å². The van der Waals surface area contributed by atoms with Gasteiger partial charge in [0, 0.05) is 32.1 Å². The third-order valence-electron chi connectivity index (χ3n) is 5.07. The molecule has 0 fully saturated rings. The molecule has 0 saturated carbocycles. The molecule has 2 aromatic rings. The SMILES string of the molecule is C[C@@H](OC(=O)CCCNc1ccccc1[N+](=O)[O-])C(=O)N1CCc2ccccc2C1. The summed E-state index contributed by atoms with van der Waals surface area (Å²) in [5, 5.41) is 14.0. The molecule has 8 nitrogen and oxygen atoms in total. The summed E-state index contributed by atoms with van der Waals surface area (Å²) < 4.78 is 5.30. The number of para-hydroxylation sites is 2. The number of ether oxygens (including phenoxy) is 1. The lowest BCUT2D eigenvalue weighted by atomic mass is 9.99. The van der Waals surface area contributed by atoms with Gasteiger partial charge in [-0.15, -0.1) is 0 Å². The molecule has 8 heteroatoms. The van der Waals surface area contributed by atoms with Crippen molar-refractivity contribution in [3.05, 3.63) is 69.8 Å². The number of nitrogens with zero attached hydrogens (tertiary/aromatic N) is 2. The number of benzene rings is 2. The number of nitro benzene ring substituents is 1. The Morgan fingerprint density at radius 3 is 2.63 bits per heavy atom. The lowest BCUT2D eigenvalue weighted by Crippen LogP contribution is -2.42. The van der Waals surface area contributed by atoms with Gasteiger partial charge in [-0.05, 0) is 37.0 Å². The Morgan fingerprint density at radius 2 is 1.87 bits per heavy atom. The summed E-state index contributed by atoms with van der Waals surface area (Å²) in [6, 6.07) is 14.4. The highest BCUT2D eigenvalue weighted by atomic mass is 16.6. The van der Waals surface area contributed by atoms with E-state index in [-0.39, 0.29) is 18.0 Å². The van der Waals surface area contributed by atoms with Crippen molar-refractivity contribution in [2.75, 3.05) is 18.4 Å². The van der Waals surface area contributed by atoms with Crippen LogP contribution in [0.15, 0.2) is 48.5 Å². The van der Waals surface area contributed by atoms with Crippen LogP contribution in [0.5, 0.6) is 0 Å². The van der Waals surface area contributed by atoms with Gasteiger partial charge >= 0.3 is 5.97 Å². The fourth-order valence-electron chi connectivity index (χ4n) is 3.49. The highest BCUT2D eigenvalue weighted by Gasteiger charge is 2.26. The zero-order valence-corrected chi connectivity index (χ0v) is 16.9. The van der Waals surface area contributed by atoms with E-state index in [0.29, 0.717) is 31.7 Å². The largest absolute Gasteiger partial charge is 0.453 e. The Balaban J connectivity index is 1.42. The number of carbonyl (C=O) groups excluding carboxylic acids is 2. The van der Waals surface area contributed by atoms with Gasteiger partial charge < -0.3 is 15.0 Å². The minimum Gasteiger partial charge on any atom is -0.453 e. The maximum Gasteiger partial charge on any atom is 0.306 e. The van der Waals surface area contributed by atoms with Crippen molar-refractivity contribution in [3.8, 4) is 0 Å². The van der Waals surface area contributed by atoms with Crippen molar-refractivity contribution >= 4 is 23.3 Å². The third-order valence-corrected chi connectivity index (χ3v) is 5.07. The Hall–Kier alpha value is -3.42. The molecule has 1 heterocycles. The van der Waals surface area contributed by atoms with Gasteiger partial charge in [0.05, 0.1) is 4.92 Å². The van der Waals surface area contributed by atoms with Crippen LogP contribution >= 0.6 is 0 Å². The summed E-state index contributed by atoms with van der Waals surface area (Å²) in [5.41, 5.74) is 2.77. The van der Waals surface area contributed by atoms with E-state index in [1.807, 2.05) is 18.2 Å². The zero-order valence-electron chi connectivity index (χ0n) is 16.9. The zero-order chi connectivity index (χ0) is 21.5. The number of hydrogen-bond donors (Lipinski definition) is 1. The van der Waals surface area contributed by atoms with E-state index in [4.69, 9.17) is 4.74 Å². The molecule has 0 spiro atoms. The van der Waals surface area contributed by atoms with E-state index < -0.39 is 17.0 Å². The molecule has 1 aliphatic heterocycles. The van der Waals surface area contributed by atoms with E-state index in [1.165, 1.54) is 11.6 Å². The molecule has 0 radical (unpaired) electrons. The predicted octanol–water partition coefficient (Wildman–Crippen LogP) is 3.30. The molecule has 30 heavy (non-hydrogen) atoms. The molecular formula is C22H25N3O5. The van der Waals surface area contributed by atoms with Gasteiger partial charge in [-0.1, -0.05) is 36.4 Å². The fourth-order valence-corrected chi connectivity index (χ4v) is 3.49. The lowest BCUT2D eigenvalue weighted by Gasteiger charge is -2.30. The molecule has 1 aliphatic rings. The number of esters is 1. The van der Waals surface area contributed by atoms with Crippen molar-refractivity contribution in [2.24, 2.45) is 0 Å². The van der Waals surface area contributed by atoms with Crippen LogP contribution in [0.1, 0.15) is 30.9 Å². The van der Waals surface area contributed by atoms with E-state index in [2.05, 4.69) is 11.4 Å². The number of anilines is 1. The lowest BCUT2D eigenvalue weighted by molar-refractivity contribution is -0.384. The monoisotopic (exact) mass is 411 g/mol. The molecule has 1 atom stereocenters. The van der Waals surface area contributed by atoms with Crippen LogP contribution in [0.4, 0.5) is 11.4 Å².